The summed E-state index contributed by atoms with van der Waals surface area (Å²) in [5.74, 6) is -0.137. The highest BCUT2D eigenvalue weighted by molar-refractivity contribution is 9.13. The van der Waals surface area contributed by atoms with Crippen LogP contribution in [0.25, 0.3) is 12.7 Å². The number of nitrogens with zero attached hydrogens (tertiary/aromatic N) is 1. The minimum atomic E-state index is -0.137. The number of hydrogen-bond donors (Lipinski definition) is 3. The molecule has 0 saturated carbocycles. The van der Waals surface area contributed by atoms with E-state index in [4.69, 9.17) is 0 Å². The van der Waals surface area contributed by atoms with E-state index in [1.807, 2.05) is 6.08 Å². The van der Waals surface area contributed by atoms with Crippen LogP contribution in [-0.4, -0.2) is 27.4 Å². The zero-order valence-electron chi connectivity index (χ0n) is 9.96. The zero-order chi connectivity index (χ0) is 13.8. The third-order valence-corrected chi connectivity index (χ3v) is 4.19. The number of aromatic nitrogens is 3. The fourth-order valence-electron chi connectivity index (χ4n) is 1.52. The number of amides is 1. The Hall–Kier alpha value is -1.34. The molecule has 100 valence electrons. The summed E-state index contributed by atoms with van der Waals surface area (Å²) in [5, 5.41) is 3.73. The van der Waals surface area contributed by atoms with Crippen molar-refractivity contribution in [2.24, 2.45) is 0 Å². The van der Waals surface area contributed by atoms with Crippen LogP contribution in [0.5, 0.6) is 0 Å². The van der Waals surface area contributed by atoms with Gasteiger partial charge in [-0.05, 0) is 44.3 Å². The monoisotopic (exact) mass is 386 g/mol. The topological polar surface area (TPSA) is 73.6 Å². The molecule has 0 radical (unpaired) electrons. The Morgan fingerprint density at radius 3 is 2.84 bits per heavy atom. The normalized spacial score (nSPS) is 11.8. The second kappa shape index (κ2) is 6.21. The SMILES string of the molecule is C=c1ncc(=CCCNC(=O)c2cc(Br)c(Br)[nH]2)[nH]1. The lowest BCUT2D eigenvalue weighted by atomic mass is 10.3. The molecule has 0 aliphatic heterocycles. The molecular weight excluding hydrogens is 376 g/mol. The van der Waals surface area contributed by atoms with Gasteiger partial charge in [-0.2, -0.15) is 0 Å². The second-order valence-corrected chi connectivity index (χ2v) is 5.53. The van der Waals surface area contributed by atoms with Crippen LogP contribution < -0.4 is 16.1 Å². The van der Waals surface area contributed by atoms with Crippen molar-refractivity contribution in [2.45, 2.75) is 6.42 Å². The van der Waals surface area contributed by atoms with Gasteiger partial charge in [0.15, 0.2) is 0 Å². The molecule has 0 bridgehead atoms. The molecule has 0 saturated heterocycles. The maximum atomic E-state index is 11.8. The summed E-state index contributed by atoms with van der Waals surface area (Å²) in [4.78, 5) is 21.7. The number of imidazole rings is 1. The Kier molecular flexibility index (Phi) is 4.60. The van der Waals surface area contributed by atoms with Crippen molar-refractivity contribution in [1.82, 2.24) is 20.3 Å². The Morgan fingerprint density at radius 1 is 1.47 bits per heavy atom. The molecule has 3 N–H and O–H groups in total. The summed E-state index contributed by atoms with van der Waals surface area (Å²) in [6.07, 6.45) is 4.39. The van der Waals surface area contributed by atoms with Crippen LogP contribution in [0.1, 0.15) is 16.9 Å². The van der Waals surface area contributed by atoms with Crippen LogP contribution in [0.4, 0.5) is 0 Å². The van der Waals surface area contributed by atoms with Gasteiger partial charge in [-0.25, -0.2) is 4.98 Å². The molecule has 0 aliphatic rings. The maximum absolute atomic E-state index is 11.8. The van der Waals surface area contributed by atoms with Crippen LogP contribution in [0.3, 0.4) is 0 Å². The smallest absolute Gasteiger partial charge is 0.267 e. The zero-order valence-corrected chi connectivity index (χ0v) is 13.1. The van der Waals surface area contributed by atoms with Crippen molar-refractivity contribution in [3.05, 3.63) is 37.9 Å². The number of H-pyrrole nitrogens is 2. The third kappa shape index (κ3) is 3.81. The number of carbonyl (C=O) groups excluding carboxylic acids is 1. The molecule has 7 heteroatoms. The van der Waals surface area contributed by atoms with Crippen molar-refractivity contribution >= 4 is 50.4 Å². The Bertz CT molecular complexity index is 669. The van der Waals surface area contributed by atoms with Crippen LogP contribution in [0.15, 0.2) is 21.3 Å². The summed E-state index contributed by atoms with van der Waals surface area (Å²) >= 11 is 6.61. The molecule has 5 nitrogen and oxygen atoms in total. The number of carbonyl (C=O) groups is 1. The first-order chi connectivity index (χ1) is 9.06. The van der Waals surface area contributed by atoms with Crippen molar-refractivity contribution in [3.63, 3.8) is 0 Å². The molecule has 0 aliphatic carbocycles. The van der Waals surface area contributed by atoms with E-state index in [1.54, 1.807) is 12.3 Å². The standard InChI is InChI=1S/C12H12Br2N4O/c1-7-16-6-8(17-7)3-2-4-15-12(19)10-5-9(13)11(14)18-10/h3,5-6,17-18H,1-2,4H2,(H,15,19). The van der Waals surface area contributed by atoms with Gasteiger partial charge >= 0.3 is 0 Å². The fraction of sp³-hybridized carbons (Fsp3) is 0.167. The van der Waals surface area contributed by atoms with E-state index in [2.05, 4.69) is 58.7 Å². The summed E-state index contributed by atoms with van der Waals surface area (Å²) in [7, 11) is 0. The van der Waals surface area contributed by atoms with E-state index in [9.17, 15) is 4.79 Å². The van der Waals surface area contributed by atoms with Gasteiger partial charge in [0.1, 0.15) is 11.2 Å². The van der Waals surface area contributed by atoms with Gasteiger partial charge in [-0.15, -0.1) is 0 Å². The summed E-state index contributed by atoms with van der Waals surface area (Å²) < 4.78 is 1.58. The molecule has 2 rings (SSSR count). The number of rotatable bonds is 4. The molecule has 19 heavy (non-hydrogen) atoms. The van der Waals surface area contributed by atoms with Crippen molar-refractivity contribution < 1.29 is 4.79 Å². The Balaban J connectivity index is 1.86. The lowest BCUT2D eigenvalue weighted by Crippen LogP contribution is -2.24. The van der Waals surface area contributed by atoms with Gasteiger partial charge in [0.05, 0.1) is 20.6 Å². The predicted octanol–water partition coefficient (Wildman–Crippen LogP) is 1.27. The summed E-state index contributed by atoms with van der Waals surface area (Å²) in [5.41, 5.74) is 1.15. The van der Waals surface area contributed by atoms with E-state index in [0.29, 0.717) is 17.7 Å². The molecule has 0 unspecified atom stereocenters. The van der Waals surface area contributed by atoms with Gasteiger partial charge in [-0.3, -0.25) is 4.79 Å². The van der Waals surface area contributed by atoms with Gasteiger partial charge in [0, 0.05) is 6.54 Å². The molecule has 0 atom stereocenters. The number of nitrogens with one attached hydrogen (secondary N) is 3. The highest BCUT2D eigenvalue weighted by Crippen LogP contribution is 2.22. The highest BCUT2D eigenvalue weighted by atomic mass is 79.9. The molecular formula is C12H12Br2N4O. The van der Waals surface area contributed by atoms with E-state index in [0.717, 1.165) is 20.8 Å². The molecule has 0 spiro atoms. The van der Waals surface area contributed by atoms with E-state index < -0.39 is 0 Å². The maximum Gasteiger partial charge on any atom is 0.267 e. The first-order valence-electron chi connectivity index (χ1n) is 5.58. The minimum absolute atomic E-state index is 0.137. The van der Waals surface area contributed by atoms with E-state index in [1.165, 1.54) is 0 Å². The van der Waals surface area contributed by atoms with Gasteiger partial charge in [0.25, 0.3) is 5.91 Å². The summed E-state index contributed by atoms with van der Waals surface area (Å²) in [6, 6.07) is 1.73. The largest absolute Gasteiger partial charge is 0.350 e. The van der Waals surface area contributed by atoms with E-state index >= 15 is 0 Å². The summed E-state index contributed by atoms with van der Waals surface area (Å²) in [6.45, 7) is 4.23. The lowest BCUT2D eigenvalue weighted by molar-refractivity contribution is 0.0950. The molecule has 2 aromatic rings. The Labute approximate surface area is 126 Å². The van der Waals surface area contributed by atoms with E-state index in [-0.39, 0.29) is 5.91 Å². The highest BCUT2D eigenvalue weighted by Gasteiger charge is 2.09. The molecule has 2 heterocycles. The van der Waals surface area contributed by atoms with Gasteiger partial charge in [0.2, 0.25) is 0 Å². The first kappa shape index (κ1) is 14.1. The van der Waals surface area contributed by atoms with Crippen LogP contribution in [0, 0.1) is 0 Å². The number of halogens is 2. The average molecular weight is 388 g/mol. The second-order valence-electron chi connectivity index (χ2n) is 3.88. The lowest BCUT2D eigenvalue weighted by Gasteiger charge is -2.00. The van der Waals surface area contributed by atoms with Gasteiger partial charge < -0.3 is 15.3 Å². The van der Waals surface area contributed by atoms with Crippen molar-refractivity contribution in [2.75, 3.05) is 6.54 Å². The molecule has 1 amide bonds. The predicted molar refractivity (Wildman–Crippen MR) is 81.0 cm³/mol. The molecule has 0 aromatic carbocycles. The minimum Gasteiger partial charge on any atom is -0.350 e. The van der Waals surface area contributed by atoms with Crippen LogP contribution in [0.2, 0.25) is 0 Å². The number of aromatic amines is 2. The van der Waals surface area contributed by atoms with Crippen LogP contribution >= 0.6 is 31.9 Å². The van der Waals surface area contributed by atoms with Crippen molar-refractivity contribution in [3.8, 4) is 0 Å². The van der Waals surface area contributed by atoms with Crippen LogP contribution in [-0.2, 0) is 0 Å². The fourth-order valence-corrected chi connectivity index (χ4v) is 2.17. The molecule has 0 fully saturated rings. The Morgan fingerprint density at radius 2 is 2.26 bits per heavy atom. The first-order valence-corrected chi connectivity index (χ1v) is 7.17. The molecule has 2 aromatic heterocycles. The van der Waals surface area contributed by atoms with Crippen molar-refractivity contribution in [1.29, 1.82) is 0 Å². The average Bonchev–Trinajstić information content (AvgIpc) is 2.92. The number of hydrogen-bond acceptors (Lipinski definition) is 2. The third-order valence-electron chi connectivity index (χ3n) is 2.41. The quantitative estimate of drug-likeness (QED) is 0.691. The van der Waals surface area contributed by atoms with Gasteiger partial charge in [-0.1, -0.05) is 12.7 Å².